The Morgan fingerprint density at radius 3 is 2.75 bits per heavy atom. The molecule has 1 aliphatic rings. The van der Waals surface area contributed by atoms with Crippen LogP contribution in [0.15, 0.2) is 0 Å². The predicted molar refractivity (Wildman–Crippen MR) is 48.9 cm³/mol. The highest BCUT2D eigenvalue weighted by atomic mass is 16.1. The van der Waals surface area contributed by atoms with Gasteiger partial charge in [0.05, 0.1) is 6.04 Å². The molecule has 0 aromatic carbocycles. The Morgan fingerprint density at radius 2 is 2.25 bits per heavy atom. The molecule has 0 saturated carbocycles. The number of carbonyl (C=O) groups excluding carboxylic acids is 1. The molecule has 1 fully saturated rings. The number of hydrogen-bond acceptors (Lipinski definition) is 2. The van der Waals surface area contributed by atoms with E-state index in [4.69, 9.17) is 0 Å². The van der Waals surface area contributed by atoms with Gasteiger partial charge in [-0.05, 0) is 6.42 Å². The predicted octanol–water partition coefficient (Wildman–Crippen LogP) is 0.655. The van der Waals surface area contributed by atoms with Crippen molar-refractivity contribution in [2.45, 2.75) is 38.6 Å². The summed E-state index contributed by atoms with van der Waals surface area (Å²) < 4.78 is 0. The minimum absolute atomic E-state index is 0.218. The molecule has 3 nitrogen and oxygen atoms in total. The summed E-state index contributed by atoms with van der Waals surface area (Å²) in [4.78, 5) is 11.2. The molecule has 1 rings (SSSR count). The van der Waals surface area contributed by atoms with Gasteiger partial charge in [-0.3, -0.25) is 4.79 Å². The van der Waals surface area contributed by atoms with Gasteiger partial charge in [-0.2, -0.15) is 0 Å². The van der Waals surface area contributed by atoms with Crippen molar-refractivity contribution >= 4 is 5.91 Å². The van der Waals surface area contributed by atoms with Crippen LogP contribution >= 0.6 is 0 Å². The van der Waals surface area contributed by atoms with Crippen molar-refractivity contribution in [3.63, 3.8) is 0 Å². The molecule has 0 atom stereocenters. The van der Waals surface area contributed by atoms with Crippen LogP contribution in [0.3, 0.4) is 0 Å². The fourth-order valence-corrected chi connectivity index (χ4v) is 1.23. The van der Waals surface area contributed by atoms with E-state index >= 15 is 0 Å². The summed E-state index contributed by atoms with van der Waals surface area (Å²) in [7, 11) is 0. The number of hydrogen-bond donors (Lipinski definition) is 2. The maximum Gasteiger partial charge on any atom is 0.220 e. The average molecular weight is 170 g/mol. The quantitative estimate of drug-likeness (QED) is 0.595. The van der Waals surface area contributed by atoms with Gasteiger partial charge in [0.1, 0.15) is 0 Å². The molecule has 0 bridgehead atoms. The standard InChI is InChI=1S/C9H18N2O/c1-2-3-4-5-9(12)11-8-6-10-7-8/h8,10H,2-7H2,1H3,(H,11,12). The number of rotatable bonds is 5. The summed E-state index contributed by atoms with van der Waals surface area (Å²) in [5.74, 6) is 0.218. The fraction of sp³-hybridized carbons (Fsp3) is 0.889. The summed E-state index contributed by atoms with van der Waals surface area (Å²) in [5, 5.41) is 6.09. The van der Waals surface area contributed by atoms with Crippen molar-refractivity contribution in [3.05, 3.63) is 0 Å². The first-order valence-corrected chi connectivity index (χ1v) is 4.83. The van der Waals surface area contributed by atoms with Crippen LogP contribution in [-0.4, -0.2) is 25.0 Å². The lowest BCUT2D eigenvalue weighted by molar-refractivity contribution is -0.122. The van der Waals surface area contributed by atoms with Crippen LogP contribution in [-0.2, 0) is 4.79 Å². The van der Waals surface area contributed by atoms with E-state index in [2.05, 4.69) is 17.6 Å². The maximum absolute atomic E-state index is 11.2. The topological polar surface area (TPSA) is 41.1 Å². The van der Waals surface area contributed by atoms with Crippen LogP contribution in [0.5, 0.6) is 0 Å². The molecule has 0 aliphatic carbocycles. The summed E-state index contributed by atoms with van der Waals surface area (Å²) >= 11 is 0. The van der Waals surface area contributed by atoms with Crippen molar-refractivity contribution in [3.8, 4) is 0 Å². The van der Waals surface area contributed by atoms with Gasteiger partial charge in [0.2, 0.25) is 5.91 Å². The van der Waals surface area contributed by atoms with Crippen molar-refractivity contribution < 1.29 is 4.79 Å². The van der Waals surface area contributed by atoms with Gasteiger partial charge in [0.15, 0.2) is 0 Å². The largest absolute Gasteiger partial charge is 0.351 e. The Bertz CT molecular complexity index is 143. The monoisotopic (exact) mass is 170 g/mol. The SMILES string of the molecule is CCCCCC(=O)NC1CNC1. The van der Waals surface area contributed by atoms with Gasteiger partial charge >= 0.3 is 0 Å². The zero-order valence-electron chi connectivity index (χ0n) is 7.73. The second-order valence-electron chi connectivity index (χ2n) is 3.38. The molecule has 3 heteroatoms. The lowest BCUT2D eigenvalue weighted by Gasteiger charge is -2.27. The van der Waals surface area contributed by atoms with Crippen LogP contribution in [0, 0.1) is 0 Å². The number of amides is 1. The summed E-state index contributed by atoms with van der Waals surface area (Å²) in [6.07, 6.45) is 4.07. The molecule has 70 valence electrons. The smallest absolute Gasteiger partial charge is 0.220 e. The van der Waals surface area contributed by atoms with Gasteiger partial charge in [0.25, 0.3) is 0 Å². The van der Waals surface area contributed by atoms with Gasteiger partial charge in [-0.1, -0.05) is 19.8 Å². The van der Waals surface area contributed by atoms with E-state index in [1.54, 1.807) is 0 Å². The van der Waals surface area contributed by atoms with Crippen LogP contribution < -0.4 is 10.6 Å². The molecule has 0 radical (unpaired) electrons. The van der Waals surface area contributed by atoms with Gasteiger partial charge < -0.3 is 10.6 Å². The molecule has 2 N–H and O–H groups in total. The van der Waals surface area contributed by atoms with Crippen LogP contribution in [0.4, 0.5) is 0 Å². The summed E-state index contributed by atoms with van der Waals surface area (Å²) in [6, 6.07) is 0.402. The highest BCUT2D eigenvalue weighted by Gasteiger charge is 2.17. The molecule has 0 unspecified atom stereocenters. The number of nitrogens with one attached hydrogen (secondary N) is 2. The first-order valence-electron chi connectivity index (χ1n) is 4.83. The molecule has 12 heavy (non-hydrogen) atoms. The third kappa shape index (κ3) is 3.22. The normalized spacial score (nSPS) is 17.1. The van der Waals surface area contributed by atoms with Crippen molar-refractivity contribution in [1.82, 2.24) is 10.6 Å². The number of carbonyl (C=O) groups is 1. The van der Waals surface area contributed by atoms with E-state index in [0.717, 1.165) is 25.9 Å². The van der Waals surface area contributed by atoms with E-state index in [1.165, 1.54) is 6.42 Å². The van der Waals surface area contributed by atoms with Crippen molar-refractivity contribution in [2.24, 2.45) is 0 Å². The molecular weight excluding hydrogens is 152 g/mol. The van der Waals surface area contributed by atoms with Crippen LogP contribution in [0.25, 0.3) is 0 Å². The molecule has 1 heterocycles. The molecule has 0 aromatic heterocycles. The van der Waals surface area contributed by atoms with Crippen LogP contribution in [0.1, 0.15) is 32.6 Å². The summed E-state index contributed by atoms with van der Waals surface area (Å²) in [6.45, 7) is 4.03. The first kappa shape index (κ1) is 9.52. The van der Waals surface area contributed by atoms with E-state index < -0.39 is 0 Å². The first-order chi connectivity index (χ1) is 5.83. The van der Waals surface area contributed by atoms with Crippen LogP contribution in [0.2, 0.25) is 0 Å². The average Bonchev–Trinajstić information content (AvgIpc) is 1.98. The zero-order valence-corrected chi connectivity index (χ0v) is 7.73. The van der Waals surface area contributed by atoms with E-state index in [0.29, 0.717) is 12.5 Å². The lowest BCUT2D eigenvalue weighted by Crippen LogP contribution is -2.56. The molecular formula is C9H18N2O. The van der Waals surface area contributed by atoms with Gasteiger partial charge in [-0.15, -0.1) is 0 Å². The Hall–Kier alpha value is -0.570. The minimum Gasteiger partial charge on any atom is -0.351 e. The third-order valence-electron chi connectivity index (χ3n) is 2.15. The van der Waals surface area contributed by atoms with E-state index in [9.17, 15) is 4.79 Å². The zero-order chi connectivity index (χ0) is 8.81. The highest BCUT2D eigenvalue weighted by Crippen LogP contribution is 1.99. The third-order valence-corrected chi connectivity index (χ3v) is 2.15. The highest BCUT2D eigenvalue weighted by molar-refractivity contribution is 5.76. The van der Waals surface area contributed by atoms with E-state index in [-0.39, 0.29) is 5.91 Å². The fourth-order valence-electron chi connectivity index (χ4n) is 1.23. The lowest BCUT2D eigenvalue weighted by atomic mass is 10.1. The van der Waals surface area contributed by atoms with Gasteiger partial charge in [0, 0.05) is 19.5 Å². The Balaban J connectivity index is 1.95. The Kier molecular flexibility index (Phi) is 4.08. The van der Waals surface area contributed by atoms with Crippen molar-refractivity contribution in [2.75, 3.05) is 13.1 Å². The van der Waals surface area contributed by atoms with Crippen molar-refractivity contribution in [1.29, 1.82) is 0 Å². The Labute approximate surface area is 73.9 Å². The summed E-state index contributed by atoms with van der Waals surface area (Å²) in [5.41, 5.74) is 0. The Morgan fingerprint density at radius 1 is 1.50 bits per heavy atom. The molecule has 1 saturated heterocycles. The minimum atomic E-state index is 0.218. The van der Waals surface area contributed by atoms with Gasteiger partial charge in [-0.25, -0.2) is 0 Å². The number of unbranched alkanes of at least 4 members (excludes halogenated alkanes) is 2. The van der Waals surface area contributed by atoms with E-state index in [1.807, 2.05) is 0 Å². The molecule has 1 amide bonds. The molecule has 0 aromatic rings. The molecule has 1 aliphatic heterocycles. The second-order valence-corrected chi connectivity index (χ2v) is 3.38. The second kappa shape index (κ2) is 5.14. The molecule has 0 spiro atoms. The maximum atomic E-state index is 11.2.